The molecule has 24 heavy (non-hydrogen) atoms. The predicted molar refractivity (Wildman–Crippen MR) is 96.5 cm³/mol. The summed E-state index contributed by atoms with van der Waals surface area (Å²) in [6.07, 6.45) is 3.61. The summed E-state index contributed by atoms with van der Waals surface area (Å²) in [6.45, 7) is 12.1. The molecule has 0 aromatic heterocycles. The Kier molecular flexibility index (Phi) is 6.55. The normalized spacial score (nSPS) is 22.8. The van der Waals surface area contributed by atoms with E-state index in [-0.39, 0.29) is 29.6 Å². The van der Waals surface area contributed by atoms with Crippen LogP contribution >= 0.6 is 0 Å². The number of nitrogens with zero attached hydrogens (tertiary/aromatic N) is 1. The minimum atomic E-state index is -0.177. The number of hydrogen-bond donors (Lipinski definition) is 1. The zero-order chi connectivity index (χ0) is 17.7. The fourth-order valence-corrected chi connectivity index (χ4v) is 3.34. The fourth-order valence-electron chi connectivity index (χ4n) is 3.34. The number of carbonyl (C=O) groups excluding carboxylic acids is 1. The zero-order valence-electron chi connectivity index (χ0n) is 15.0. The number of carbonyl (C=O) groups is 1. The summed E-state index contributed by atoms with van der Waals surface area (Å²) < 4.78 is 13.6. The molecule has 1 aromatic rings. The second-order valence-electron chi connectivity index (χ2n) is 6.96. The van der Waals surface area contributed by atoms with Crippen molar-refractivity contribution >= 4 is 5.91 Å². The monoisotopic (exact) mass is 332 g/mol. The molecule has 1 amide bonds. The van der Waals surface area contributed by atoms with E-state index in [1.165, 1.54) is 6.07 Å². The molecule has 3 nitrogen and oxygen atoms in total. The molecule has 1 saturated heterocycles. The lowest BCUT2D eigenvalue weighted by Crippen LogP contribution is -2.47. The molecule has 0 radical (unpaired) electrons. The van der Waals surface area contributed by atoms with Crippen LogP contribution < -0.4 is 5.32 Å². The van der Waals surface area contributed by atoms with Gasteiger partial charge in [0.15, 0.2) is 0 Å². The number of hydrogen-bond acceptors (Lipinski definition) is 2. The van der Waals surface area contributed by atoms with Crippen LogP contribution in [0.25, 0.3) is 0 Å². The molecule has 2 rings (SSSR count). The van der Waals surface area contributed by atoms with Gasteiger partial charge in [0.25, 0.3) is 0 Å². The Labute approximate surface area is 144 Å². The number of halogens is 1. The Morgan fingerprint density at radius 1 is 1.50 bits per heavy atom. The zero-order valence-corrected chi connectivity index (χ0v) is 15.0. The molecule has 1 aliphatic heterocycles. The number of nitrogens with one attached hydrogen (secondary N) is 1. The van der Waals surface area contributed by atoms with E-state index in [0.29, 0.717) is 5.56 Å². The topological polar surface area (TPSA) is 32.3 Å². The molecule has 4 heteroatoms. The Morgan fingerprint density at radius 2 is 2.25 bits per heavy atom. The third-order valence-electron chi connectivity index (χ3n) is 4.94. The number of piperidine rings is 1. The van der Waals surface area contributed by atoms with Crippen LogP contribution in [0.4, 0.5) is 4.39 Å². The lowest BCUT2D eigenvalue weighted by Gasteiger charge is -2.37. The molecular weight excluding hydrogens is 303 g/mol. The van der Waals surface area contributed by atoms with Gasteiger partial charge in [0.05, 0.1) is 5.92 Å². The summed E-state index contributed by atoms with van der Waals surface area (Å²) in [4.78, 5) is 14.9. The fraction of sp³-hybridized carbons (Fsp3) is 0.550. The van der Waals surface area contributed by atoms with Crippen molar-refractivity contribution in [3.05, 3.63) is 47.8 Å². The highest BCUT2D eigenvalue weighted by atomic mass is 19.1. The van der Waals surface area contributed by atoms with Crippen molar-refractivity contribution in [2.45, 2.75) is 45.6 Å². The number of rotatable bonds is 6. The Bertz CT molecular complexity index is 587. The number of likely N-dealkylation sites (tertiary alicyclic amines) is 1. The van der Waals surface area contributed by atoms with Crippen LogP contribution in [0.5, 0.6) is 0 Å². The minimum absolute atomic E-state index is 0.0388. The highest BCUT2D eigenvalue weighted by Crippen LogP contribution is 2.31. The van der Waals surface area contributed by atoms with Gasteiger partial charge >= 0.3 is 0 Å². The highest BCUT2D eigenvalue weighted by molar-refractivity contribution is 5.79. The van der Waals surface area contributed by atoms with Crippen molar-refractivity contribution in [2.24, 2.45) is 5.92 Å². The second kappa shape index (κ2) is 8.43. The SMILES string of the molecule is C=CCN1CC(C(=O)NC(C)CC)CC(c2ccc(F)c(C)c2)C1. The van der Waals surface area contributed by atoms with Gasteiger partial charge in [-0.25, -0.2) is 4.39 Å². The smallest absolute Gasteiger partial charge is 0.224 e. The van der Waals surface area contributed by atoms with E-state index < -0.39 is 0 Å². The molecule has 1 aromatic carbocycles. The molecular formula is C20H29FN2O. The van der Waals surface area contributed by atoms with Gasteiger partial charge in [-0.3, -0.25) is 9.69 Å². The summed E-state index contributed by atoms with van der Waals surface area (Å²) in [5.41, 5.74) is 1.78. The van der Waals surface area contributed by atoms with E-state index in [4.69, 9.17) is 0 Å². The second-order valence-corrected chi connectivity index (χ2v) is 6.96. The van der Waals surface area contributed by atoms with Crippen LogP contribution in [0.2, 0.25) is 0 Å². The van der Waals surface area contributed by atoms with Gasteiger partial charge in [-0.2, -0.15) is 0 Å². The lowest BCUT2D eigenvalue weighted by atomic mass is 9.83. The first kappa shape index (κ1) is 18.7. The van der Waals surface area contributed by atoms with Crippen LogP contribution in [0.1, 0.15) is 43.7 Å². The maximum atomic E-state index is 13.6. The first-order chi connectivity index (χ1) is 11.4. The summed E-state index contributed by atoms with van der Waals surface area (Å²) >= 11 is 0. The standard InChI is InChI=1S/C20H29FN2O/c1-5-9-23-12-17(16-7-8-19(21)14(3)10-16)11-18(13-23)20(24)22-15(4)6-2/h5,7-8,10,15,17-18H,1,6,9,11-13H2,2-4H3,(H,22,24). The van der Waals surface area contributed by atoms with E-state index in [0.717, 1.165) is 38.0 Å². The molecule has 0 spiro atoms. The van der Waals surface area contributed by atoms with Crippen molar-refractivity contribution in [2.75, 3.05) is 19.6 Å². The average Bonchev–Trinajstić information content (AvgIpc) is 2.57. The van der Waals surface area contributed by atoms with Gasteiger partial charge in [-0.15, -0.1) is 6.58 Å². The molecule has 132 valence electrons. The number of amides is 1. The van der Waals surface area contributed by atoms with Gasteiger partial charge in [0, 0.05) is 25.7 Å². The van der Waals surface area contributed by atoms with Crippen LogP contribution in [-0.2, 0) is 4.79 Å². The summed E-state index contributed by atoms with van der Waals surface area (Å²) in [6, 6.07) is 5.50. The van der Waals surface area contributed by atoms with Crippen LogP contribution in [0, 0.1) is 18.7 Å². The van der Waals surface area contributed by atoms with E-state index in [1.807, 2.05) is 25.1 Å². The molecule has 1 heterocycles. The third kappa shape index (κ3) is 4.67. The number of benzene rings is 1. The van der Waals surface area contributed by atoms with Crippen molar-refractivity contribution < 1.29 is 9.18 Å². The van der Waals surface area contributed by atoms with Crippen LogP contribution in [0.3, 0.4) is 0 Å². The molecule has 0 bridgehead atoms. The van der Waals surface area contributed by atoms with Crippen molar-refractivity contribution in [3.63, 3.8) is 0 Å². The van der Waals surface area contributed by atoms with Gasteiger partial charge < -0.3 is 5.32 Å². The quantitative estimate of drug-likeness (QED) is 0.807. The van der Waals surface area contributed by atoms with Crippen LogP contribution in [-0.4, -0.2) is 36.5 Å². The Balaban J connectivity index is 2.16. The molecule has 0 saturated carbocycles. The highest BCUT2D eigenvalue weighted by Gasteiger charge is 2.32. The van der Waals surface area contributed by atoms with Gasteiger partial charge in [-0.1, -0.05) is 25.1 Å². The summed E-state index contributed by atoms with van der Waals surface area (Å²) in [7, 11) is 0. The van der Waals surface area contributed by atoms with Gasteiger partial charge in [-0.05, 0) is 49.8 Å². The lowest BCUT2D eigenvalue weighted by molar-refractivity contribution is -0.127. The van der Waals surface area contributed by atoms with Crippen molar-refractivity contribution in [3.8, 4) is 0 Å². The first-order valence-electron chi connectivity index (χ1n) is 8.84. The third-order valence-corrected chi connectivity index (χ3v) is 4.94. The minimum Gasteiger partial charge on any atom is -0.353 e. The molecule has 1 N–H and O–H groups in total. The molecule has 1 aliphatic rings. The predicted octanol–water partition coefficient (Wildman–Crippen LogP) is 3.64. The van der Waals surface area contributed by atoms with E-state index >= 15 is 0 Å². The maximum absolute atomic E-state index is 13.6. The van der Waals surface area contributed by atoms with E-state index in [2.05, 4.69) is 23.7 Å². The summed E-state index contributed by atoms with van der Waals surface area (Å²) in [5.74, 6) is 0.152. The van der Waals surface area contributed by atoms with Gasteiger partial charge in [0.2, 0.25) is 5.91 Å². The average molecular weight is 332 g/mol. The Hall–Kier alpha value is -1.68. The molecule has 3 atom stereocenters. The molecule has 3 unspecified atom stereocenters. The molecule has 0 aliphatic carbocycles. The number of aryl methyl sites for hydroxylation is 1. The Morgan fingerprint density at radius 3 is 2.88 bits per heavy atom. The summed E-state index contributed by atoms with van der Waals surface area (Å²) in [5, 5.41) is 3.10. The maximum Gasteiger partial charge on any atom is 0.224 e. The van der Waals surface area contributed by atoms with Crippen molar-refractivity contribution in [1.82, 2.24) is 10.2 Å². The van der Waals surface area contributed by atoms with Crippen molar-refractivity contribution in [1.29, 1.82) is 0 Å². The largest absolute Gasteiger partial charge is 0.353 e. The first-order valence-corrected chi connectivity index (χ1v) is 8.84. The van der Waals surface area contributed by atoms with Crippen LogP contribution in [0.15, 0.2) is 30.9 Å². The van der Waals surface area contributed by atoms with E-state index in [1.54, 1.807) is 6.92 Å². The molecule has 1 fully saturated rings. The van der Waals surface area contributed by atoms with Gasteiger partial charge in [0.1, 0.15) is 5.82 Å². The van der Waals surface area contributed by atoms with E-state index in [9.17, 15) is 9.18 Å².